The van der Waals surface area contributed by atoms with E-state index in [1.54, 1.807) is 0 Å². The number of aromatic nitrogens is 2. The molecule has 1 saturated carbocycles. The molecule has 1 amide bonds. The van der Waals surface area contributed by atoms with Crippen molar-refractivity contribution in [1.29, 1.82) is 0 Å². The van der Waals surface area contributed by atoms with Crippen molar-refractivity contribution < 1.29 is 9.53 Å². The van der Waals surface area contributed by atoms with E-state index in [2.05, 4.69) is 42.2 Å². The van der Waals surface area contributed by atoms with E-state index in [4.69, 9.17) is 9.72 Å². The van der Waals surface area contributed by atoms with Crippen molar-refractivity contribution >= 4 is 25.2 Å². The Kier molecular flexibility index (Phi) is 4.58. The molecule has 4 rings (SSSR count). The van der Waals surface area contributed by atoms with Crippen LogP contribution in [0.1, 0.15) is 57.5 Å². The smallest absolute Gasteiger partial charge is 0.410 e. The maximum atomic E-state index is 12.9. The van der Waals surface area contributed by atoms with Crippen LogP contribution in [0.15, 0.2) is 18.2 Å². The molecule has 154 valence electrons. The zero-order valence-electron chi connectivity index (χ0n) is 18.3. The van der Waals surface area contributed by atoms with Crippen LogP contribution >= 0.6 is 0 Å². The monoisotopic (exact) mass is 409 g/mol. The average Bonchev–Trinajstić information content (AvgIpc) is 3.04. The lowest BCUT2D eigenvalue weighted by molar-refractivity contribution is 0.0212. The second-order valence-electron chi connectivity index (χ2n) is 10.7. The Labute approximate surface area is 174 Å². The van der Waals surface area contributed by atoms with Gasteiger partial charge in [0.05, 0.1) is 17.1 Å². The van der Waals surface area contributed by atoms with E-state index >= 15 is 0 Å². The van der Waals surface area contributed by atoms with Gasteiger partial charge in [-0.1, -0.05) is 25.6 Å². The molecule has 1 atom stereocenters. The third kappa shape index (κ3) is 4.50. The van der Waals surface area contributed by atoms with Crippen molar-refractivity contribution in [2.24, 2.45) is 5.41 Å². The number of likely N-dealkylation sites (tertiary alicyclic amines) is 1. The fourth-order valence-electron chi connectivity index (χ4n) is 3.88. The van der Waals surface area contributed by atoms with Gasteiger partial charge in [-0.3, -0.25) is 4.90 Å². The molecule has 2 aromatic rings. The van der Waals surface area contributed by atoms with Gasteiger partial charge in [-0.2, -0.15) is 0 Å². The summed E-state index contributed by atoms with van der Waals surface area (Å²) in [5, 5.41) is 0. The summed E-state index contributed by atoms with van der Waals surface area (Å²) < 4.78 is 5.68. The van der Waals surface area contributed by atoms with Crippen LogP contribution in [-0.2, 0) is 4.74 Å². The van der Waals surface area contributed by atoms with Crippen molar-refractivity contribution in [2.75, 3.05) is 6.54 Å². The first-order valence-electron chi connectivity index (χ1n) is 10.5. The largest absolute Gasteiger partial charge is 0.444 e. The zero-order chi connectivity index (χ0) is 21.0. The number of hydrogen-bond donors (Lipinski definition) is 1. The molecule has 1 aliphatic carbocycles. The molecule has 1 aromatic heterocycles. The summed E-state index contributed by atoms with van der Waals surface area (Å²) >= 11 is 0. The van der Waals surface area contributed by atoms with E-state index in [-0.39, 0.29) is 17.6 Å². The summed E-state index contributed by atoms with van der Waals surface area (Å²) in [7, 11) is -1.42. The number of carbonyl (C=O) groups is 1. The lowest BCUT2D eigenvalue weighted by Gasteiger charge is -2.27. The number of carbonyl (C=O) groups excluding carboxylic acids is 1. The van der Waals surface area contributed by atoms with Gasteiger partial charge < -0.3 is 9.72 Å². The zero-order valence-corrected chi connectivity index (χ0v) is 19.3. The summed E-state index contributed by atoms with van der Waals surface area (Å²) in [6.07, 6.45) is 3.07. The minimum Gasteiger partial charge on any atom is -0.444 e. The number of aromatic amines is 1. The standard InChI is InChI=1S/C23H31N3O2Si/c1-22(2,3)28-21(27)26-15-23(10-11-23)14-19(26)20-24-17-8-7-16(13-18(17)25-20)9-12-29(4,5)6/h7-8,13,19H,10-11,14-15H2,1-6H3,(H,24,25). The minimum atomic E-state index is -1.42. The van der Waals surface area contributed by atoms with Crippen LogP contribution in [0.2, 0.25) is 19.6 Å². The number of nitrogens with zero attached hydrogens (tertiary/aromatic N) is 2. The summed E-state index contributed by atoms with van der Waals surface area (Å²) in [6.45, 7) is 13.2. The van der Waals surface area contributed by atoms with E-state index < -0.39 is 13.7 Å². The van der Waals surface area contributed by atoms with Crippen LogP contribution in [-0.4, -0.2) is 41.2 Å². The van der Waals surface area contributed by atoms with Gasteiger partial charge in [-0.05, 0) is 63.6 Å². The number of H-pyrrole nitrogens is 1. The van der Waals surface area contributed by atoms with E-state index in [9.17, 15) is 4.79 Å². The fourth-order valence-corrected chi connectivity index (χ4v) is 4.40. The molecule has 1 aliphatic heterocycles. The number of hydrogen-bond acceptors (Lipinski definition) is 3. The van der Waals surface area contributed by atoms with Gasteiger partial charge in [0.25, 0.3) is 0 Å². The predicted octanol–water partition coefficient (Wildman–Crippen LogP) is 5.25. The second-order valence-corrected chi connectivity index (χ2v) is 15.4. The molecule has 2 fully saturated rings. The SMILES string of the molecule is CC(C)(C)OC(=O)N1CC2(CC2)CC1c1nc2ccc(C#C[Si](C)(C)C)cc2[nH]1. The van der Waals surface area contributed by atoms with Gasteiger partial charge in [0.15, 0.2) is 0 Å². The number of imidazole rings is 1. The van der Waals surface area contributed by atoms with Gasteiger partial charge in [-0.25, -0.2) is 9.78 Å². The molecule has 6 heteroatoms. The Balaban J connectivity index is 1.63. The topological polar surface area (TPSA) is 58.2 Å². The molecule has 2 heterocycles. The minimum absolute atomic E-state index is 0.0590. The van der Waals surface area contributed by atoms with E-state index in [0.29, 0.717) is 0 Å². The first kappa shape index (κ1) is 20.0. The summed E-state index contributed by atoms with van der Waals surface area (Å²) in [5.74, 6) is 4.16. The number of rotatable bonds is 1. The highest BCUT2D eigenvalue weighted by Gasteiger charge is 2.55. The van der Waals surface area contributed by atoms with Crippen molar-refractivity contribution in [3.05, 3.63) is 29.6 Å². The quantitative estimate of drug-likeness (QED) is 0.517. The Morgan fingerprint density at radius 3 is 2.66 bits per heavy atom. The number of ether oxygens (including phenoxy) is 1. The molecule has 5 nitrogen and oxygen atoms in total. The number of fused-ring (bicyclic) bond motifs is 1. The summed E-state index contributed by atoms with van der Waals surface area (Å²) in [4.78, 5) is 23.0. The Bertz CT molecular complexity index is 1010. The van der Waals surface area contributed by atoms with Gasteiger partial charge in [0.2, 0.25) is 0 Å². The summed E-state index contributed by atoms with van der Waals surface area (Å²) in [6, 6.07) is 6.06. The molecule has 0 radical (unpaired) electrons. The molecule has 1 saturated heterocycles. The van der Waals surface area contributed by atoms with Crippen molar-refractivity contribution in [3.8, 4) is 11.5 Å². The Morgan fingerprint density at radius 2 is 2.03 bits per heavy atom. The third-order valence-corrected chi connectivity index (χ3v) is 6.37. The van der Waals surface area contributed by atoms with E-state index in [0.717, 1.165) is 35.4 Å². The molecule has 1 aromatic carbocycles. The van der Waals surface area contributed by atoms with Gasteiger partial charge in [0, 0.05) is 12.1 Å². The predicted molar refractivity (Wildman–Crippen MR) is 118 cm³/mol. The van der Waals surface area contributed by atoms with Crippen LogP contribution in [0, 0.1) is 16.9 Å². The number of nitrogens with one attached hydrogen (secondary N) is 1. The Morgan fingerprint density at radius 1 is 1.31 bits per heavy atom. The average molecular weight is 410 g/mol. The normalized spacial score (nSPS) is 20.6. The van der Waals surface area contributed by atoms with Crippen molar-refractivity contribution in [2.45, 2.75) is 71.3 Å². The van der Waals surface area contributed by atoms with Crippen LogP contribution < -0.4 is 0 Å². The molecular weight excluding hydrogens is 378 g/mol. The molecule has 1 unspecified atom stereocenters. The number of amides is 1. The maximum Gasteiger partial charge on any atom is 0.410 e. The highest BCUT2D eigenvalue weighted by Crippen LogP contribution is 2.58. The highest BCUT2D eigenvalue weighted by molar-refractivity contribution is 6.83. The lowest BCUT2D eigenvalue weighted by Crippen LogP contribution is -2.37. The van der Waals surface area contributed by atoms with Crippen LogP contribution in [0.5, 0.6) is 0 Å². The van der Waals surface area contributed by atoms with Crippen LogP contribution in [0.4, 0.5) is 4.79 Å². The highest BCUT2D eigenvalue weighted by atomic mass is 28.3. The second kappa shape index (κ2) is 6.63. The first-order chi connectivity index (χ1) is 13.4. The fraction of sp³-hybridized carbons (Fsp3) is 0.565. The Hall–Kier alpha value is -2.26. The van der Waals surface area contributed by atoms with Gasteiger partial charge in [0.1, 0.15) is 19.5 Å². The van der Waals surface area contributed by atoms with Gasteiger partial charge in [-0.15, -0.1) is 5.54 Å². The molecule has 1 N–H and O–H groups in total. The molecular formula is C23H31N3O2Si. The van der Waals surface area contributed by atoms with Gasteiger partial charge >= 0.3 is 6.09 Å². The summed E-state index contributed by atoms with van der Waals surface area (Å²) in [5.41, 5.74) is 6.07. The maximum absolute atomic E-state index is 12.9. The first-order valence-corrected chi connectivity index (χ1v) is 14.0. The van der Waals surface area contributed by atoms with Crippen LogP contribution in [0.3, 0.4) is 0 Å². The van der Waals surface area contributed by atoms with Crippen molar-refractivity contribution in [1.82, 2.24) is 14.9 Å². The molecule has 2 aliphatic rings. The van der Waals surface area contributed by atoms with E-state index in [1.165, 1.54) is 12.8 Å². The third-order valence-electron chi connectivity index (χ3n) is 5.49. The van der Waals surface area contributed by atoms with Crippen LogP contribution in [0.25, 0.3) is 11.0 Å². The molecule has 0 bridgehead atoms. The molecule has 29 heavy (non-hydrogen) atoms. The number of benzene rings is 1. The van der Waals surface area contributed by atoms with E-state index in [1.807, 2.05) is 37.8 Å². The molecule has 1 spiro atoms. The van der Waals surface area contributed by atoms with Crippen molar-refractivity contribution in [3.63, 3.8) is 0 Å². The lowest BCUT2D eigenvalue weighted by atomic mass is 10.0.